The lowest BCUT2D eigenvalue weighted by atomic mass is 10.1. The molecule has 1 aromatic heterocycles. The van der Waals surface area contributed by atoms with Crippen molar-refractivity contribution in [3.05, 3.63) is 84.1 Å². The Morgan fingerprint density at radius 1 is 0.971 bits per heavy atom. The molecule has 35 heavy (non-hydrogen) atoms. The highest BCUT2D eigenvalue weighted by molar-refractivity contribution is 5.79. The van der Waals surface area contributed by atoms with Gasteiger partial charge in [0, 0.05) is 11.6 Å². The van der Waals surface area contributed by atoms with Crippen molar-refractivity contribution in [2.24, 2.45) is 0 Å². The zero-order valence-corrected chi connectivity index (χ0v) is 19.2. The van der Waals surface area contributed by atoms with Crippen LogP contribution in [0.4, 0.5) is 13.2 Å². The number of rotatable bonds is 7. The van der Waals surface area contributed by atoms with Crippen molar-refractivity contribution < 1.29 is 32.5 Å². The van der Waals surface area contributed by atoms with E-state index in [0.29, 0.717) is 22.7 Å². The molecule has 0 radical (unpaired) electrons. The van der Waals surface area contributed by atoms with Crippen LogP contribution in [0.3, 0.4) is 0 Å². The molecule has 0 saturated carbocycles. The minimum Gasteiger partial charge on any atom is -0.486 e. The van der Waals surface area contributed by atoms with E-state index in [-0.39, 0.29) is 6.10 Å². The number of aromatic nitrogens is 2. The van der Waals surface area contributed by atoms with Gasteiger partial charge >= 0.3 is 12.1 Å². The molecule has 0 saturated heterocycles. The molecule has 1 atom stereocenters. The molecule has 4 aromatic rings. The summed E-state index contributed by atoms with van der Waals surface area (Å²) in [6.45, 7) is 4.82. The molecule has 0 aliphatic carbocycles. The van der Waals surface area contributed by atoms with Crippen LogP contribution in [0.2, 0.25) is 0 Å². The first-order valence-electron chi connectivity index (χ1n) is 10.8. The number of hydrogen-bond donors (Lipinski definition) is 1. The number of carbonyl (C=O) groups is 1. The van der Waals surface area contributed by atoms with Crippen LogP contribution in [0.5, 0.6) is 11.5 Å². The fraction of sp³-hybridized carbons (Fsp3) is 0.231. The van der Waals surface area contributed by atoms with Crippen molar-refractivity contribution in [1.29, 1.82) is 0 Å². The Hall–Kier alpha value is -4.01. The first-order chi connectivity index (χ1) is 16.4. The molecular formula is C26H23F3N2O4. The summed E-state index contributed by atoms with van der Waals surface area (Å²) in [6, 6.07) is 17.1. The molecule has 0 spiro atoms. The van der Waals surface area contributed by atoms with Gasteiger partial charge in [0.25, 0.3) is 0 Å². The fourth-order valence-corrected chi connectivity index (χ4v) is 3.42. The Balaban J connectivity index is 1.48. The first kappa shape index (κ1) is 24.1. The predicted molar refractivity (Wildman–Crippen MR) is 124 cm³/mol. The molecule has 1 N–H and O–H groups in total. The summed E-state index contributed by atoms with van der Waals surface area (Å²) in [7, 11) is 0. The number of carboxylic acid groups (broad SMARTS) is 1. The Kier molecular flexibility index (Phi) is 6.19. The van der Waals surface area contributed by atoms with Gasteiger partial charge < -0.3 is 14.6 Å². The summed E-state index contributed by atoms with van der Waals surface area (Å²) in [5, 5.41) is 14.5. The molecule has 0 fully saturated rings. The Morgan fingerprint density at radius 3 is 2.20 bits per heavy atom. The topological polar surface area (TPSA) is 73.6 Å². The Morgan fingerprint density at radius 2 is 1.60 bits per heavy atom. The van der Waals surface area contributed by atoms with E-state index in [1.807, 2.05) is 25.1 Å². The number of ether oxygens (including phenoxy) is 2. The molecule has 4 rings (SSSR count). The van der Waals surface area contributed by atoms with Crippen LogP contribution in [0.15, 0.2) is 72.9 Å². The van der Waals surface area contributed by atoms with Crippen LogP contribution in [-0.2, 0) is 11.0 Å². The van der Waals surface area contributed by atoms with E-state index < -0.39 is 23.3 Å². The van der Waals surface area contributed by atoms with Gasteiger partial charge in [0.2, 0.25) is 0 Å². The number of aliphatic carboxylic acids is 1. The predicted octanol–water partition coefficient (Wildman–Crippen LogP) is 6.43. The maximum Gasteiger partial charge on any atom is 0.416 e. The van der Waals surface area contributed by atoms with Gasteiger partial charge in [-0.05, 0) is 80.9 Å². The number of hydrogen-bond acceptors (Lipinski definition) is 4. The van der Waals surface area contributed by atoms with Crippen molar-refractivity contribution >= 4 is 16.9 Å². The van der Waals surface area contributed by atoms with E-state index in [2.05, 4.69) is 5.10 Å². The molecule has 0 aliphatic rings. The maximum absolute atomic E-state index is 12.8. The molecule has 182 valence electrons. The number of carboxylic acids is 1. The van der Waals surface area contributed by atoms with Gasteiger partial charge in [-0.25, -0.2) is 9.48 Å². The van der Waals surface area contributed by atoms with Crippen molar-refractivity contribution in [3.8, 4) is 17.2 Å². The largest absolute Gasteiger partial charge is 0.486 e. The lowest BCUT2D eigenvalue weighted by Gasteiger charge is -2.22. The Labute approximate surface area is 199 Å². The molecule has 6 nitrogen and oxygen atoms in total. The van der Waals surface area contributed by atoms with Crippen molar-refractivity contribution in [3.63, 3.8) is 0 Å². The summed E-state index contributed by atoms with van der Waals surface area (Å²) in [6.07, 6.45) is -2.95. The first-order valence-corrected chi connectivity index (χ1v) is 10.8. The quantitative estimate of drug-likeness (QED) is 0.327. The molecule has 3 aromatic carbocycles. The third-order valence-corrected chi connectivity index (χ3v) is 5.48. The summed E-state index contributed by atoms with van der Waals surface area (Å²) < 4.78 is 51.5. The summed E-state index contributed by atoms with van der Waals surface area (Å²) in [5.41, 5.74) is -0.000616. The minimum absolute atomic E-state index is 0.321. The van der Waals surface area contributed by atoms with Crippen molar-refractivity contribution in [2.75, 3.05) is 0 Å². The standard InChI is InChI=1S/C26H23F3N2O4/c1-16(34-21-10-12-22(13-11-21)35-25(2,3)24(32)33)17-4-5-18-15-31(30-23(18)14-17)20-8-6-19(7-9-20)26(27,28)29/h4-16H,1-3H3,(H,32,33). The van der Waals surface area contributed by atoms with Crippen molar-refractivity contribution in [2.45, 2.75) is 38.7 Å². The van der Waals surface area contributed by atoms with Crippen molar-refractivity contribution in [1.82, 2.24) is 9.78 Å². The van der Waals surface area contributed by atoms with E-state index in [4.69, 9.17) is 9.47 Å². The van der Waals surface area contributed by atoms with Gasteiger partial charge in [0.15, 0.2) is 5.60 Å². The monoisotopic (exact) mass is 484 g/mol. The highest BCUT2D eigenvalue weighted by Crippen LogP contribution is 2.30. The molecule has 0 bridgehead atoms. The van der Waals surface area contributed by atoms with E-state index in [1.54, 1.807) is 30.5 Å². The lowest BCUT2D eigenvalue weighted by Crippen LogP contribution is -2.37. The minimum atomic E-state index is -4.39. The molecule has 0 aliphatic heterocycles. The average molecular weight is 484 g/mol. The van der Waals surface area contributed by atoms with Crippen LogP contribution in [0.25, 0.3) is 16.6 Å². The molecule has 1 unspecified atom stereocenters. The van der Waals surface area contributed by atoms with Crippen LogP contribution in [-0.4, -0.2) is 26.5 Å². The zero-order valence-electron chi connectivity index (χ0n) is 19.2. The number of fused-ring (bicyclic) bond motifs is 1. The van der Waals surface area contributed by atoms with Crippen LogP contribution in [0, 0.1) is 0 Å². The van der Waals surface area contributed by atoms with Gasteiger partial charge in [-0.1, -0.05) is 12.1 Å². The molecule has 0 amide bonds. The number of benzene rings is 3. The third-order valence-electron chi connectivity index (χ3n) is 5.48. The number of halogens is 3. The summed E-state index contributed by atoms with van der Waals surface area (Å²) in [4.78, 5) is 11.2. The SMILES string of the molecule is CC(Oc1ccc(OC(C)(C)C(=O)O)cc1)c1ccc2cn(-c3ccc(C(F)(F)F)cc3)nc2c1. The number of alkyl halides is 3. The smallest absolute Gasteiger partial charge is 0.416 e. The van der Waals surface area contributed by atoms with E-state index >= 15 is 0 Å². The van der Waals surface area contributed by atoms with Gasteiger partial charge in [-0.15, -0.1) is 0 Å². The second kappa shape index (κ2) is 8.98. The molecule has 1 heterocycles. The van der Waals surface area contributed by atoms with Gasteiger partial charge in [0.05, 0.1) is 16.8 Å². The summed E-state index contributed by atoms with van der Waals surface area (Å²) in [5.74, 6) is -0.0800. The van der Waals surface area contributed by atoms with Crippen LogP contribution >= 0.6 is 0 Å². The molecular weight excluding hydrogens is 461 g/mol. The van der Waals surface area contributed by atoms with E-state index in [0.717, 1.165) is 23.1 Å². The normalized spacial score (nSPS) is 13.0. The van der Waals surface area contributed by atoms with E-state index in [9.17, 15) is 23.1 Å². The highest BCUT2D eigenvalue weighted by atomic mass is 19.4. The fourth-order valence-electron chi connectivity index (χ4n) is 3.42. The van der Waals surface area contributed by atoms with Gasteiger partial charge in [0.1, 0.15) is 17.6 Å². The van der Waals surface area contributed by atoms with E-state index in [1.165, 1.54) is 30.7 Å². The van der Waals surface area contributed by atoms with Crippen LogP contribution in [0.1, 0.15) is 38.0 Å². The summed E-state index contributed by atoms with van der Waals surface area (Å²) >= 11 is 0. The highest BCUT2D eigenvalue weighted by Gasteiger charge is 2.30. The number of nitrogens with zero attached hydrogens (tertiary/aromatic N) is 2. The van der Waals surface area contributed by atoms with Crippen LogP contribution < -0.4 is 9.47 Å². The second-order valence-electron chi connectivity index (χ2n) is 8.59. The lowest BCUT2D eigenvalue weighted by molar-refractivity contribution is -0.152. The third kappa shape index (κ3) is 5.40. The van der Waals surface area contributed by atoms with Gasteiger partial charge in [-0.2, -0.15) is 18.3 Å². The molecule has 9 heteroatoms. The second-order valence-corrected chi connectivity index (χ2v) is 8.59. The maximum atomic E-state index is 12.8. The van der Waals surface area contributed by atoms with Gasteiger partial charge in [-0.3, -0.25) is 0 Å². The zero-order chi connectivity index (χ0) is 25.4. The Bertz CT molecular complexity index is 1340. The average Bonchev–Trinajstić information content (AvgIpc) is 3.23.